The Hall–Kier alpha value is 0.961. The smallest absolute Gasteiger partial charge is 0.298 e. The SMILES string of the molecule is CC(C)(C)[SiH2]OP(O[SiH2]C(C)(C)C)O[SiH2]C(C)(C)C. The zero-order valence-electron chi connectivity index (χ0n) is 14.3. The van der Waals surface area contributed by atoms with Crippen molar-refractivity contribution >= 4 is 37.9 Å². The van der Waals surface area contributed by atoms with Crippen molar-refractivity contribution < 1.29 is 12.6 Å². The van der Waals surface area contributed by atoms with Crippen molar-refractivity contribution in [2.75, 3.05) is 0 Å². The fraction of sp³-hybridized carbons (Fsp3) is 1.00. The lowest BCUT2D eigenvalue weighted by Gasteiger charge is -2.27. The average molecular weight is 341 g/mol. The second-order valence-electron chi connectivity index (χ2n) is 8.73. The molecule has 0 aliphatic heterocycles. The van der Waals surface area contributed by atoms with Crippen LogP contribution in [0.2, 0.25) is 15.1 Å². The van der Waals surface area contributed by atoms with Crippen LogP contribution in [-0.4, -0.2) is 29.3 Å². The third-order valence-corrected chi connectivity index (χ3v) is 8.49. The molecule has 0 rings (SSSR count). The molecule has 0 saturated heterocycles. The maximum Gasteiger partial charge on any atom is 0.298 e. The lowest BCUT2D eigenvalue weighted by atomic mass is 10.3. The minimum atomic E-state index is -1.07. The molecule has 0 bridgehead atoms. The Morgan fingerprint density at radius 2 is 0.737 bits per heavy atom. The first kappa shape index (κ1) is 20.0. The second kappa shape index (κ2) is 7.82. The summed E-state index contributed by atoms with van der Waals surface area (Å²) < 4.78 is 18.1. The standard InChI is InChI=1S/C12H33O3PSi3/c1-10(2,3)17-13-16(14-18-11(4,5)6)15-19-12(7,8)9/h17-19H2,1-9H3. The highest BCUT2D eigenvalue weighted by atomic mass is 31.2. The number of rotatable bonds is 6. The minimum Gasteiger partial charge on any atom is -0.363 e. The molecule has 7 heteroatoms. The Bertz CT molecular complexity index is 214. The minimum absolute atomic E-state index is 0.292. The molecule has 116 valence electrons. The predicted molar refractivity (Wildman–Crippen MR) is 95.0 cm³/mol. The maximum atomic E-state index is 6.03. The van der Waals surface area contributed by atoms with E-state index >= 15 is 0 Å². The van der Waals surface area contributed by atoms with Gasteiger partial charge < -0.3 is 12.6 Å². The Labute approximate surface area is 128 Å². The van der Waals surface area contributed by atoms with Crippen molar-refractivity contribution in [3.8, 4) is 0 Å². The molecule has 0 atom stereocenters. The van der Waals surface area contributed by atoms with Gasteiger partial charge in [0.1, 0.15) is 0 Å². The van der Waals surface area contributed by atoms with Crippen molar-refractivity contribution in [2.24, 2.45) is 0 Å². The van der Waals surface area contributed by atoms with E-state index in [1.807, 2.05) is 0 Å². The van der Waals surface area contributed by atoms with Crippen molar-refractivity contribution in [1.29, 1.82) is 0 Å². The highest BCUT2D eigenvalue weighted by Crippen LogP contribution is 2.44. The molecule has 0 amide bonds. The first-order valence-electron chi connectivity index (χ1n) is 6.97. The zero-order valence-corrected chi connectivity index (χ0v) is 19.4. The fourth-order valence-electron chi connectivity index (χ4n) is 0.851. The van der Waals surface area contributed by atoms with Gasteiger partial charge in [0.05, 0.1) is 0 Å². The lowest BCUT2D eigenvalue weighted by molar-refractivity contribution is 0.390. The van der Waals surface area contributed by atoms with Crippen molar-refractivity contribution in [2.45, 2.75) is 77.4 Å². The van der Waals surface area contributed by atoms with Crippen LogP contribution < -0.4 is 0 Å². The third kappa shape index (κ3) is 15.2. The highest BCUT2D eigenvalue weighted by Gasteiger charge is 2.24. The molecule has 0 aromatic rings. The summed E-state index contributed by atoms with van der Waals surface area (Å²) >= 11 is 0. The van der Waals surface area contributed by atoms with Crippen LogP contribution >= 0.6 is 8.60 Å². The van der Waals surface area contributed by atoms with Gasteiger partial charge in [-0.3, -0.25) is 0 Å². The molecular weight excluding hydrogens is 307 g/mol. The Morgan fingerprint density at radius 3 is 0.895 bits per heavy atom. The summed E-state index contributed by atoms with van der Waals surface area (Å²) in [5.41, 5.74) is 0. The van der Waals surface area contributed by atoms with Crippen LogP contribution in [0.4, 0.5) is 0 Å². The monoisotopic (exact) mass is 340 g/mol. The quantitative estimate of drug-likeness (QED) is 0.549. The van der Waals surface area contributed by atoms with Crippen LogP contribution in [-0.2, 0) is 12.6 Å². The van der Waals surface area contributed by atoms with E-state index in [0.717, 1.165) is 0 Å². The molecule has 0 aliphatic carbocycles. The maximum absolute atomic E-state index is 6.03. The fourth-order valence-corrected chi connectivity index (χ4v) is 9.67. The highest BCUT2D eigenvalue weighted by molar-refractivity contribution is 7.45. The molecule has 0 saturated carbocycles. The van der Waals surface area contributed by atoms with Gasteiger partial charge in [0.15, 0.2) is 29.3 Å². The van der Waals surface area contributed by atoms with Gasteiger partial charge in [-0.2, -0.15) is 0 Å². The summed E-state index contributed by atoms with van der Waals surface area (Å²) in [4.78, 5) is 0. The van der Waals surface area contributed by atoms with E-state index in [1.165, 1.54) is 0 Å². The van der Waals surface area contributed by atoms with Crippen molar-refractivity contribution in [1.82, 2.24) is 0 Å². The Morgan fingerprint density at radius 1 is 0.526 bits per heavy atom. The van der Waals surface area contributed by atoms with Crippen LogP contribution in [0.25, 0.3) is 0 Å². The van der Waals surface area contributed by atoms with Crippen LogP contribution in [0.15, 0.2) is 0 Å². The zero-order chi connectivity index (χ0) is 15.3. The average Bonchev–Trinajstić information content (AvgIpc) is 2.11. The molecule has 0 aromatic heterocycles. The lowest BCUT2D eigenvalue weighted by Crippen LogP contribution is -2.18. The first-order chi connectivity index (χ1) is 8.29. The van der Waals surface area contributed by atoms with Crippen LogP contribution in [0.1, 0.15) is 62.3 Å². The third-order valence-electron chi connectivity index (χ3n) is 1.81. The van der Waals surface area contributed by atoms with Crippen molar-refractivity contribution in [3.63, 3.8) is 0 Å². The number of hydrogen-bond donors (Lipinski definition) is 0. The van der Waals surface area contributed by atoms with Gasteiger partial charge in [-0.1, -0.05) is 62.3 Å². The summed E-state index contributed by atoms with van der Waals surface area (Å²) in [5, 5.41) is 0.875. The summed E-state index contributed by atoms with van der Waals surface area (Å²) in [7, 11) is -2.88. The summed E-state index contributed by atoms with van der Waals surface area (Å²) in [6.07, 6.45) is 0. The van der Waals surface area contributed by atoms with Crippen LogP contribution in [0.5, 0.6) is 0 Å². The normalized spacial score (nSPS) is 17.5. The molecule has 0 radical (unpaired) electrons. The topological polar surface area (TPSA) is 27.7 Å². The molecule has 0 spiro atoms. The molecule has 3 nitrogen and oxygen atoms in total. The van der Waals surface area contributed by atoms with E-state index < -0.39 is 37.9 Å². The molecular formula is C12H33O3PSi3. The Balaban J connectivity index is 4.30. The van der Waals surface area contributed by atoms with E-state index in [1.54, 1.807) is 0 Å². The molecule has 0 N–H and O–H groups in total. The summed E-state index contributed by atoms with van der Waals surface area (Å²) in [6.45, 7) is 20.1. The second-order valence-corrected chi connectivity index (χ2v) is 19.5. The van der Waals surface area contributed by atoms with E-state index in [9.17, 15) is 0 Å². The van der Waals surface area contributed by atoms with Gasteiger partial charge in [-0.05, 0) is 15.1 Å². The first-order valence-corrected chi connectivity index (χ1v) is 11.9. The molecule has 0 aliphatic rings. The van der Waals surface area contributed by atoms with Crippen molar-refractivity contribution in [3.05, 3.63) is 0 Å². The van der Waals surface area contributed by atoms with Crippen LogP contribution in [0, 0.1) is 0 Å². The molecule has 19 heavy (non-hydrogen) atoms. The summed E-state index contributed by atoms with van der Waals surface area (Å²) in [6, 6.07) is 0. The van der Waals surface area contributed by atoms with Crippen LogP contribution in [0.3, 0.4) is 0 Å². The largest absolute Gasteiger partial charge is 0.363 e. The van der Waals surface area contributed by atoms with Gasteiger partial charge in [0.25, 0.3) is 8.60 Å². The molecule has 0 unspecified atom stereocenters. The number of hydrogen-bond acceptors (Lipinski definition) is 3. The van der Waals surface area contributed by atoms with E-state index in [2.05, 4.69) is 62.3 Å². The van der Waals surface area contributed by atoms with Gasteiger partial charge in [-0.15, -0.1) is 0 Å². The van der Waals surface area contributed by atoms with Gasteiger partial charge >= 0.3 is 0 Å². The van der Waals surface area contributed by atoms with E-state index in [0.29, 0.717) is 15.1 Å². The molecule has 0 fully saturated rings. The predicted octanol–water partition coefficient (Wildman–Crippen LogP) is 3.17. The van der Waals surface area contributed by atoms with Gasteiger partial charge in [0, 0.05) is 0 Å². The van der Waals surface area contributed by atoms with E-state index in [-0.39, 0.29) is 0 Å². The molecule has 0 heterocycles. The van der Waals surface area contributed by atoms with Gasteiger partial charge in [-0.25, -0.2) is 0 Å². The summed E-state index contributed by atoms with van der Waals surface area (Å²) in [5.74, 6) is 0. The van der Waals surface area contributed by atoms with Gasteiger partial charge in [0.2, 0.25) is 0 Å². The Kier molecular flexibility index (Phi) is 8.22. The van der Waals surface area contributed by atoms with E-state index in [4.69, 9.17) is 12.6 Å². The molecule has 0 aromatic carbocycles.